The van der Waals surface area contributed by atoms with Crippen LogP contribution in [0.5, 0.6) is 0 Å². The third-order valence-corrected chi connectivity index (χ3v) is 19.3. The van der Waals surface area contributed by atoms with Crippen LogP contribution < -0.4 is 17.0 Å². The van der Waals surface area contributed by atoms with Crippen molar-refractivity contribution in [1.29, 1.82) is 0 Å². The maximum atomic E-state index is 10.6. The Morgan fingerprint density at radius 1 is 0.500 bits per heavy atom. The van der Waals surface area contributed by atoms with E-state index in [1.54, 1.807) is 0 Å². The van der Waals surface area contributed by atoms with Gasteiger partial charge in [0.15, 0.2) is 6.29 Å². The summed E-state index contributed by atoms with van der Waals surface area (Å²) in [4.78, 5) is 31.0. The summed E-state index contributed by atoms with van der Waals surface area (Å²) in [6, 6.07) is 31.9. The largest absolute Gasteiger partial charge is 1.00 e. The number of hydrogen-bond acceptors (Lipinski definition) is 8. The van der Waals surface area contributed by atoms with E-state index in [-0.39, 0.29) is 60.0 Å². The second kappa shape index (κ2) is 47.9. The van der Waals surface area contributed by atoms with E-state index in [0.717, 1.165) is 116 Å². The van der Waals surface area contributed by atoms with Gasteiger partial charge < -0.3 is 57.1 Å². The molecule has 3 aliphatic carbocycles. The molecule has 0 amide bonds. The van der Waals surface area contributed by atoms with Gasteiger partial charge in [-0.1, -0.05) is 213 Å². The molecule has 12 heteroatoms. The summed E-state index contributed by atoms with van der Waals surface area (Å²) < 4.78 is 10.6. The molecule has 5 aliphatic rings. The minimum Gasteiger partial charge on any atom is -1.00 e. The Bertz CT molecular complexity index is 2430. The van der Waals surface area contributed by atoms with Gasteiger partial charge in [-0.25, -0.2) is 0 Å². The number of aliphatic hydroxyl groups is 3. The zero-order chi connectivity index (χ0) is 66.2. The van der Waals surface area contributed by atoms with Gasteiger partial charge in [0.1, 0.15) is 0 Å². The number of carbonyl (C=O) groups is 3. The van der Waals surface area contributed by atoms with Crippen molar-refractivity contribution in [2.75, 3.05) is 13.2 Å². The highest BCUT2D eigenvalue weighted by Crippen LogP contribution is 2.47. The molecule has 2 aliphatic heterocycles. The Morgan fingerprint density at radius 3 is 1.35 bits per heavy atom. The van der Waals surface area contributed by atoms with E-state index in [2.05, 4.69) is 200 Å². The van der Waals surface area contributed by atoms with Crippen LogP contribution >= 0.6 is 0 Å². The van der Waals surface area contributed by atoms with Crippen LogP contribution in [0.2, 0.25) is 0 Å². The van der Waals surface area contributed by atoms with Gasteiger partial charge in [0, 0.05) is 44.8 Å². The third-order valence-electron chi connectivity index (χ3n) is 19.3. The van der Waals surface area contributed by atoms with Crippen molar-refractivity contribution >= 4 is 17.9 Å². The molecule has 11 nitrogen and oxygen atoms in total. The lowest BCUT2D eigenvalue weighted by Crippen LogP contribution is -3.00. The fourth-order valence-electron chi connectivity index (χ4n) is 13.6. The zero-order valence-corrected chi connectivity index (χ0v) is 58.7. The first kappa shape index (κ1) is 81.3. The number of aryl methyl sites for hydroxylation is 3. The molecule has 3 aromatic rings. The smallest absolute Gasteiger partial charge is 0.303 e. The second-order valence-electron chi connectivity index (χ2n) is 27.2. The number of halogens is 1. The molecular weight excluding hydrogens is 1220 g/mol. The fourth-order valence-corrected chi connectivity index (χ4v) is 13.6. The maximum absolute atomic E-state index is 10.6. The molecule has 6 N–H and O–H groups in total. The summed E-state index contributed by atoms with van der Waals surface area (Å²) in [5.41, 5.74) is 4.19. The molecule has 0 bridgehead atoms. The lowest BCUT2D eigenvalue weighted by molar-refractivity contribution is -0.138. The van der Waals surface area contributed by atoms with E-state index >= 15 is 0 Å². The topological polar surface area (TPSA) is 191 Å². The van der Waals surface area contributed by atoms with Gasteiger partial charge in [-0.15, -0.1) is 0 Å². The monoisotopic (exact) mass is 1340 g/mol. The number of aliphatic carboxylic acids is 3. The Kier molecular flexibility index (Phi) is 42.3. The van der Waals surface area contributed by atoms with Crippen molar-refractivity contribution in [3.8, 4) is 0 Å². The molecule has 16 atom stereocenters. The normalized spacial score (nSPS) is 26.7. The first-order valence-corrected chi connectivity index (χ1v) is 35.2. The van der Waals surface area contributed by atoms with E-state index in [4.69, 9.17) is 24.8 Å². The van der Waals surface area contributed by atoms with Crippen molar-refractivity contribution in [3.05, 3.63) is 168 Å². The number of fused-ring (bicyclic) bond motifs is 1. The third kappa shape index (κ3) is 33.9. The summed E-state index contributed by atoms with van der Waals surface area (Å²) in [6.45, 7) is 17.7. The highest BCUT2D eigenvalue weighted by Gasteiger charge is 2.46. The first-order chi connectivity index (χ1) is 43.8. The van der Waals surface area contributed by atoms with Crippen LogP contribution in [-0.2, 0) is 43.1 Å². The Hall–Kier alpha value is -4.95. The predicted molar refractivity (Wildman–Crippen MR) is 371 cm³/mol. The summed E-state index contributed by atoms with van der Waals surface area (Å²) >= 11 is 0. The van der Waals surface area contributed by atoms with E-state index in [1.165, 1.54) is 36.0 Å². The van der Waals surface area contributed by atoms with Crippen LogP contribution in [0, 0.1) is 71.0 Å². The van der Waals surface area contributed by atoms with Gasteiger partial charge in [0.05, 0.1) is 18.3 Å². The lowest BCUT2D eigenvalue weighted by atomic mass is 9.85. The van der Waals surface area contributed by atoms with Gasteiger partial charge in [-0.05, 0) is 197 Å². The zero-order valence-electron chi connectivity index (χ0n) is 57.2. The van der Waals surface area contributed by atoms with Crippen LogP contribution in [0.25, 0.3) is 0 Å². The summed E-state index contributed by atoms with van der Waals surface area (Å²) in [7, 11) is 0. The first-order valence-electron chi connectivity index (χ1n) is 35.2. The average molecular weight is 1340 g/mol. The van der Waals surface area contributed by atoms with Crippen molar-refractivity contribution in [2.45, 2.75) is 227 Å². The van der Waals surface area contributed by atoms with Gasteiger partial charge in [0.2, 0.25) is 0 Å². The molecule has 8 rings (SSSR count). The molecule has 514 valence electrons. The number of rotatable bonds is 31. The Morgan fingerprint density at radius 2 is 0.913 bits per heavy atom. The highest BCUT2D eigenvalue weighted by atomic mass is 79.9. The number of carboxylic acids is 3. The molecule has 1 unspecified atom stereocenters. The van der Waals surface area contributed by atoms with Crippen LogP contribution in [-0.4, -0.2) is 86.4 Å². The summed E-state index contributed by atoms with van der Waals surface area (Å²) in [5, 5.41) is 56.2. The molecular formula is C80H120BrO11-. The summed E-state index contributed by atoms with van der Waals surface area (Å²) in [5.74, 6) is 3.59. The van der Waals surface area contributed by atoms with E-state index in [0.29, 0.717) is 78.4 Å². The second-order valence-corrected chi connectivity index (χ2v) is 27.2. The van der Waals surface area contributed by atoms with Gasteiger partial charge in [-0.3, -0.25) is 14.4 Å². The number of ether oxygens (including phenoxy) is 2. The summed E-state index contributed by atoms with van der Waals surface area (Å²) in [6.07, 6.45) is 43.2. The van der Waals surface area contributed by atoms with Crippen molar-refractivity contribution in [2.24, 2.45) is 71.0 Å². The highest BCUT2D eigenvalue weighted by molar-refractivity contribution is 5.67. The number of aliphatic hydroxyl groups excluding tert-OH is 3. The van der Waals surface area contributed by atoms with Crippen LogP contribution in [0.1, 0.15) is 200 Å². The Labute approximate surface area is 566 Å². The number of allylic oxidation sites excluding steroid dienone is 9. The number of benzene rings is 3. The fraction of sp³-hybridized carbons (Fsp3) is 0.613. The van der Waals surface area contributed by atoms with Crippen LogP contribution in [0.15, 0.2) is 152 Å². The van der Waals surface area contributed by atoms with Gasteiger partial charge in [0.25, 0.3) is 0 Å². The Balaban J connectivity index is 0.000000327. The SMILES string of the molecule is C1CCOC1.CCCCCC(=O)O.C[C@H](/C=C/[C@@H]1[C@@H](C/C=C\CCCC(=O)O)[C@@H](C)C[C@H]1O)CCc1ccccc1.C[C@H](/C=C/[C@@H]1[C@@H](C/C=C\CCCC(=O)O)[C@@H](O)C[C@H]1C)CCc1ccccc1.C[C@H](/C=C/[C@@H]1[C@H]2CC(O)O[C@H]2C[C@H]1C)CCc1ccccc1.[Br-]. The van der Waals surface area contributed by atoms with Crippen LogP contribution in [0.4, 0.5) is 0 Å². The van der Waals surface area contributed by atoms with Gasteiger partial charge in [-0.2, -0.15) is 0 Å². The molecule has 0 aromatic heterocycles. The van der Waals surface area contributed by atoms with Crippen molar-refractivity contribution < 1.29 is 71.5 Å². The predicted octanol–water partition coefficient (Wildman–Crippen LogP) is 14.9. The molecule has 5 fully saturated rings. The lowest BCUT2D eigenvalue weighted by Gasteiger charge is -2.20. The minimum atomic E-state index is -0.736. The van der Waals surface area contributed by atoms with Gasteiger partial charge >= 0.3 is 17.9 Å². The molecule has 0 spiro atoms. The standard InChI is InChI=1S/2C25H36O3.C20H28O2.C6H12O2.C4H8O.BrH/c1-19(14-16-21-10-6-5-7-11-21)15-17-22-20(2)18-24(26)23(22)12-8-3-4-9-13-25(27)28;1-19(14-16-21-10-6-5-7-11-21)15-17-23-22(20(2)18-24(23)26)12-8-3-4-9-13-25(27)28;1-14(8-10-16-6-4-3-5-7-16)9-11-17-15(2)12-19-18(17)13-20(21)22-19;1-2-3-4-5-6(7)8;1-2-4-5-3-1;/h2*3,5-8,10-11,15,17,19-20,22-24,26H,4,9,12-14,16,18H2,1-2H3,(H,27,28);3-7,9,11,14-15,17-21H,8,10,12-13H2,1-2H3;2-5H2,1H3,(H,7,8);1-4H2;1H/p-1/b2*8-3-,17-15+;11-9+;;;/t19-,20+,22-,23+,24-;19-,20-,22-,23+,24+;14-,15+,17-,18+,19-,20?;;;/m000.../s1. The average Bonchev–Trinajstić information content (AvgIpc) is 1.67. The van der Waals surface area contributed by atoms with Crippen LogP contribution in [0.3, 0.4) is 0 Å². The molecule has 0 radical (unpaired) electrons. The molecule has 2 saturated heterocycles. The molecule has 3 saturated carbocycles. The molecule has 3 aromatic carbocycles. The van der Waals surface area contributed by atoms with E-state index < -0.39 is 24.2 Å². The van der Waals surface area contributed by atoms with E-state index in [1.807, 2.05) is 0 Å². The molecule has 2 heterocycles. The molecule has 92 heavy (non-hydrogen) atoms. The van der Waals surface area contributed by atoms with E-state index in [9.17, 15) is 29.7 Å². The number of unbranched alkanes of at least 4 members (excludes halogenated alkanes) is 4. The van der Waals surface area contributed by atoms with Crippen molar-refractivity contribution in [3.63, 3.8) is 0 Å². The quantitative estimate of drug-likeness (QED) is 0.0265. The minimum absolute atomic E-state index is 0. The number of hydrogen-bond donors (Lipinski definition) is 6. The van der Waals surface area contributed by atoms with Crippen molar-refractivity contribution in [1.82, 2.24) is 0 Å². The maximum Gasteiger partial charge on any atom is 0.303 e. The number of carboxylic acid groups (broad SMARTS) is 3.